The largest absolute Gasteiger partial charge is 0.481 e. The second-order valence-corrected chi connectivity index (χ2v) is 5.26. The van der Waals surface area contributed by atoms with E-state index in [1.807, 2.05) is 6.92 Å². The number of aliphatic carboxylic acids is 1. The van der Waals surface area contributed by atoms with Crippen LogP contribution in [0.5, 0.6) is 0 Å². The van der Waals surface area contributed by atoms with E-state index in [0.29, 0.717) is 12.2 Å². The minimum atomic E-state index is -0.902. The van der Waals surface area contributed by atoms with Crippen molar-refractivity contribution in [2.45, 2.75) is 32.7 Å². The molecular formula is C13H21NO5S. The van der Waals surface area contributed by atoms with Crippen molar-refractivity contribution in [2.24, 2.45) is 0 Å². The lowest BCUT2D eigenvalue weighted by Crippen LogP contribution is -2.42. The zero-order valence-electron chi connectivity index (χ0n) is 11.8. The van der Waals surface area contributed by atoms with Crippen LogP contribution in [0.15, 0.2) is 12.2 Å². The number of carboxylic acids is 1. The molecule has 20 heavy (non-hydrogen) atoms. The van der Waals surface area contributed by atoms with E-state index in [9.17, 15) is 14.4 Å². The van der Waals surface area contributed by atoms with Crippen LogP contribution in [0.3, 0.4) is 0 Å². The van der Waals surface area contributed by atoms with Crippen LogP contribution in [-0.2, 0) is 19.1 Å². The summed E-state index contributed by atoms with van der Waals surface area (Å²) >= 11 is 1.54. The van der Waals surface area contributed by atoms with Gasteiger partial charge in [-0.05, 0) is 12.2 Å². The van der Waals surface area contributed by atoms with Gasteiger partial charge in [-0.15, -0.1) is 0 Å². The third kappa shape index (κ3) is 10.4. The van der Waals surface area contributed by atoms with Gasteiger partial charge >= 0.3 is 11.9 Å². The molecule has 0 fully saturated rings. The maximum absolute atomic E-state index is 11.8. The summed E-state index contributed by atoms with van der Waals surface area (Å²) in [6.07, 6.45) is 3.56. The van der Waals surface area contributed by atoms with E-state index >= 15 is 0 Å². The van der Waals surface area contributed by atoms with Crippen molar-refractivity contribution in [1.82, 2.24) is 5.32 Å². The number of esters is 1. The highest BCUT2D eigenvalue weighted by atomic mass is 32.2. The van der Waals surface area contributed by atoms with Crippen molar-refractivity contribution in [3.63, 3.8) is 0 Å². The number of hydrogen-bond donors (Lipinski definition) is 2. The predicted octanol–water partition coefficient (Wildman–Crippen LogP) is 1.21. The number of carbonyl (C=O) groups excluding carboxylic acids is 2. The Bertz CT molecular complexity index is 357. The van der Waals surface area contributed by atoms with Crippen molar-refractivity contribution >= 4 is 29.6 Å². The Morgan fingerprint density at radius 3 is 2.60 bits per heavy atom. The van der Waals surface area contributed by atoms with Crippen LogP contribution in [-0.4, -0.2) is 47.1 Å². The highest BCUT2D eigenvalue weighted by Crippen LogP contribution is 2.04. The number of rotatable bonds is 10. The van der Waals surface area contributed by atoms with Gasteiger partial charge in [0.25, 0.3) is 0 Å². The minimum absolute atomic E-state index is 0.0460. The van der Waals surface area contributed by atoms with Gasteiger partial charge in [-0.2, -0.15) is 11.8 Å². The van der Waals surface area contributed by atoms with E-state index in [4.69, 9.17) is 9.84 Å². The maximum atomic E-state index is 11.8. The molecule has 0 spiro atoms. The van der Waals surface area contributed by atoms with Crippen molar-refractivity contribution in [3.05, 3.63) is 12.2 Å². The standard InChI is InChI=1S/C13H21NO5S/c1-3-20-9-11(14-10(2)15)13(18)19-8-6-4-5-7-12(16)17/h4-5,11H,3,6-9H2,1-2H3,(H,14,15)(H,16,17)/b5-4-/t11-/m1/s1. The molecule has 1 atom stereocenters. The number of ether oxygens (including phenoxy) is 1. The molecule has 7 heteroatoms. The summed E-state index contributed by atoms with van der Waals surface area (Å²) < 4.78 is 5.04. The summed E-state index contributed by atoms with van der Waals surface area (Å²) in [5, 5.41) is 11.0. The van der Waals surface area contributed by atoms with Crippen LogP contribution < -0.4 is 5.32 Å². The molecule has 0 aromatic carbocycles. The lowest BCUT2D eigenvalue weighted by molar-refractivity contribution is -0.146. The van der Waals surface area contributed by atoms with E-state index in [1.165, 1.54) is 13.0 Å². The van der Waals surface area contributed by atoms with Crippen molar-refractivity contribution < 1.29 is 24.2 Å². The van der Waals surface area contributed by atoms with Gasteiger partial charge in [-0.25, -0.2) is 4.79 Å². The molecule has 0 rings (SSSR count). The maximum Gasteiger partial charge on any atom is 0.329 e. The third-order valence-corrected chi connectivity index (χ3v) is 3.12. The monoisotopic (exact) mass is 303 g/mol. The molecule has 0 aliphatic heterocycles. The van der Waals surface area contributed by atoms with Crippen molar-refractivity contribution in [1.29, 1.82) is 0 Å². The SMILES string of the molecule is CCSC[C@@H](NC(C)=O)C(=O)OCC/C=C\CC(=O)O. The quantitative estimate of drug-likeness (QED) is 0.358. The van der Waals surface area contributed by atoms with Crippen LogP contribution in [0.2, 0.25) is 0 Å². The average Bonchev–Trinajstić information content (AvgIpc) is 2.37. The molecule has 0 aromatic rings. The first kappa shape index (κ1) is 18.5. The molecule has 114 valence electrons. The van der Waals surface area contributed by atoms with Crippen LogP contribution in [0.4, 0.5) is 0 Å². The number of nitrogens with one attached hydrogen (secondary N) is 1. The summed E-state index contributed by atoms with van der Waals surface area (Å²) in [5.74, 6) is -0.316. The first-order chi connectivity index (χ1) is 9.47. The number of hydrogen-bond acceptors (Lipinski definition) is 5. The Morgan fingerprint density at radius 1 is 1.35 bits per heavy atom. The first-order valence-electron chi connectivity index (χ1n) is 6.35. The van der Waals surface area contributed by atoms with Gasteiger partial charge in [0.1, 0.15) is 6.04 Å². The summed E-state index contributed by atoms with van der Waals surface area (Å²) in [7, 11) is 0. The molecule has 0 heterocycles. The van der Waals surface area contributed by atoms with Gasteiger partial charge in [0.15, 0.2) is 0 Å². The van der Waals surface area contributed by atoms with Crippen LogP contribution in [0, 0.1) is 0 Å². The summed E-state index contributed by atoms with van der Waals surface area (Å²) in [4.78, 5) is 33.0. The van der Waals surface area contributed by atoms with Crippen LogP contribution in [0.1, 0.15) is 26.7 Å². The minimum Gasteiger partial charge on any atom is -0.481 e. The van der Waals surface area contributed by atoms with E-state index in [-0.39, 0.29) is 18.9 Å². The molecular weight excluding hydrogens is 282 g/mol. The number of thioether (sulfide) groups is 1. The molecule has 0 aromatic heterocycles. The summed E-state index contributed by atoms with van der Waals surface area (Å²) in [5.41, 5.74) is 0. The van der Waals surface area contributed by atoms with Gasteiger partial charge in [0.2, 0.25) is 5.91 Å². The van der Waals surface area contributed by atoms with Crippen LogP contribution in [0.25, 0.3) is 0 Å². The Morgan fingerprint density at radius 2 is 2.05 bits per heavy atom. The van der Waals surface area contributed by atoms with Gasteiger partial charge in [-0.3, -0.25) is 9.59 Å². The summed E-state index contributed by atoms with van der Waals surface area (Å²) in [6, 6.07) is -0.638. The van der Waals surface area contributed by atoms with Crippen LogP contribution >= 0.6 is 11.8 Å². The molecule has 0 saturated carbocycles. The number of carboxylic acid groups (broad SMARTS) is 1. The first-order valence-corrected chi connectivity index (χ1v) is 7.51. The van der Waals surface area contributed by atoms with Gasteiger partial charge < -0.3 is 15.2 Å². The zero-order chi connectivity index (χ0) is 15.4. The molecule has 0 aliphatic carbocycles. The lowest BCUT2D eigenvalue weighted by Gasteiger charge is -2.15. The molecule has 0 saturated heterocycles. The number of carbonyl (C=O) groups is 3. The van der Waals surface area contributed by atoms with E-state index in [1.54, 1.807) is 17.8 Å². The highest BCUT2D eigenvalue weighted by Gasteiger charge is 2.20. The molecule has 0 aliphatic rings. The van der Waals surface area contributed by atoms with E-state index in [2.05, 4.69) is 5.32 Å². The Kier molecular flexibility index (Phi) is 10.5. The zero-order valence-corrected chi connectivity index (χ0v) is 12.6. The molecule has 0 radical (unpaired) electrons. The highest BCUT2D eigenvalue weighted by molar-refractivity contribution is 7.99. The third-order valence-electron chi connectivity index (χ3n) is 2.14. The Labute approximate surface area is 122 Å². The second-order valence-electron chi connectivity index (χ2n) is 3.94. The second kappa shape index (κ2) is 11.3. The molecule has 2 N–H and O–H groups in total. The van der Waals surface area contributed by atoms with E-state index < -0.39 is 18.0 Å². The predicted molar refractivity (Wildman–Crippen MR) is 77.6 cm³/mol. The fourth-order valence-corrected chi connectivity index (χ4v) is 1.97. The van der Waals surface area contributed by atoms with Gasteiger partial charge in [-0.1, -0.05) is 19.1 Å². The Balaban J connectivity index is 4.02. The smallest absolute Gasteiger partial charge is 0.329 e. The fraction of sp³-hybridized carbons (Fsp3) is 0.615. The fourth-order valence-electron chi connectivity index (χ4n) is 1.28. The topological polar surface area (TPSA) is 92.7 Å². The normalized spacial score (nSPS) is 12.1. The lowest BCUT2D eigenvalue weighted by atomic mass is 10.3. The van der Waals surface area contributed by atoms with Crippen molar-refractivity contribution in [3.8, 4) is 0 Å². The number of amides is 1. The van der Waals surface area contributed by atoms with Gasteiger partial charge in [0, 0.05) is 12.7 Å². The molecule has 0 bridgehead atoms. The molecule has 6 nitrogen and oxygen atoms in total. The average molecular weight is 303 g/mol. The molecule has 0 unspecified atom stereocenters. The van der Waals surface area contributed by atoms with Crippen molar-refractivity contribution in [2.75, 3.05) is 18.1 Å². The van der Waals surface area contributed by atoms with E-state index in [0.717, 1.165) is 5.75 Å². The molecule has 1 amide bonds. The summed E-state index contributed by atoms with van der Waals surface area (Å²) in [6.45, 7) is 3.49. The van der Waals surface area contributed by atoms with Gasteiger partial charge in [0.05, 0.1) is 13.0 Å². The Hall–Kier alpha value is -1.50.